The smallest absolute Gasteiger partial charge is 0.309 e. The molecule has 0 saturated heterocycles. The summed E-state index contributed by atoms with van der Waals surface area (Å²) in [6, 6.07) is 0.170. The van der Waals surface area contributed by atoms with Crippen molar-refractivity contribution in [1.82, 2.24) is 5.32 Å². The second-order valence-electron chi connectivity index (χ2n) is 5.43. The standard InChI is InChI=1S/C14H27NO2S/c1-11(13(16)17-3)12(2)15-10-14(18-4)8-6-5-7-9-14/h11-12,15H,5-10H2,1-4H3. The Hall–Kier alpha value is -0.220. The summed E-state index contributed by atoms with van der Waals surface area (Å²) < 4.78 is 5.17. The molecule has 4 heteroatoms. The topological polar surface area (TPSA) is 38.3 Å². The van der Waals surface area contributed by atoms with Gasteiger partial charge in [0.2, 0.25) is 0 Å². The Morgan fingerprint density at radius 3 is 2.44 bits per heavy atom. The van der Waals surface area contributed by atoms with Gasteiger partial charge in [-0.15, -0.1) is 0 Å². The maximum absolute atomic E-state index is 11.5. The number of esters is 1. The fraction of sp³-hybridized carbons (Fsp3) is 0.929. The van der Waals surface area contributed by atoms with Gasteiger partial charge < -0.3 is 10.1 Å². The van der Waals surface area contributed by atoms with Crippen molar-refractivity contribution in [3.63, 3.8) is 0 Å². The predicted molar refractivity (Wildman–Crippen MR) is 78.0 cm³/mol. The van der Waals surface area contributed by atoms with Gasteiger partial charge in [-0.2, -0.15) is 11.8 Å². The van der Waals surface area contributed by atoms with Crippen LogP contribution in [0.15, 0.2) is 0 Å². The predicted octanol–water partition coefficient (Wildman–Crippen LogP) is 2.84. The third-order valence-corrected chi connectivity index (χ3v) is 5.69. The number of carbonyl (C=O) groups excluding carboxylic acids is 1. The van der Waals surface area contributed by atoms with E-state index in [0.717, 1.165) is 6.54 Å². The van der Waals surface area contributed by atoms with Crippen molar-refractivity contribution in [2.75, 3.05) is 19.9 Å². The highest BCUT2D eigenvalue weighted by atomic mass is 32.2. The molecule has 0 aliphatic heterocycles. The Morgan fingerprint density at radius 2 is 1.94 bits per heavy atom. The molecule has 0 aromatic rings. The molecular formula is C14H27NO2S. The Balaban J connectivity index is 2.44. The van der Waals surface area contributed by atoms with Crippen LogP contribution in [0.3, 0.4) is 0 Å². The monoisotopic (exact) mass is 273 g/mol. The summed E-state index contributed by atoms with van der Waals surface area (Å²) in [5.41, 5.74) is 0. The zero-order chi connectivity index (χ0) is 13.6. The van der Waals surface area contributed by atoms with E-state index in [1.165, 1.54) is 39.2 Å². The highest BCUT2D eigenvalue weighted by molar-refractivity contribution is 8.00. The zero-order valence-electron chi connectivity index (χ0n) is 12.1. The van der Waals surface area contributed by atoms with E-state index in [2.05, 4.69) is 18.5 Å². The average molecular weight is 273 g/mol. The van der Waals surface area contributed by atoms with Crippen molar-refractivity contribution >= 4 is 17.7 Å². The second kappa shape index (κ2) is 7.39. The third kappa shape index (κ3) is 4.16. The van der Waals surface area contributed by atoms with Gasteiger partial charge in [-0.3, -0.25) is 4.79 Å². The fourth-order valence-electron chi connectivity index (χ4n) is 2.56. The molecule has 0 aromatic heterocycles. The maximum atomic E-state index is 11.5. The van der Waals surface area contributed by atoms with Gasteiger partial charge in [0.15, 0.2) is 0 Å². The van der Waals surface area contributed by atoms with Crippen LogP contribution in [0.2, 0.25) is 0 Å². The number of hydrogen-bond donors (Lipinski definition) is 1. The van der Waals surface area contributed by atoms with E-state index in [1.54, 1.807) is 0 Å². The summed E-state index contributed by atoms with van der Waals surface area (Å²) >= 11 is 1.98. The zero-order valence-corrected chi connectivity index (χ0v) is 12.9. The molecular weight excluding hydrogens is 246 g/mol. The molecule has 1 aliphatic carbocycles. The largest absolute Gasteiger partial charge is 0.469 e. The van der Waals surface area contributed by atoms with Crippen LogP contribution in [0.25, 0.3) is 0 Å². The van der Waals surface area contributed by atoms with Crippen LogP contribution < -0.4 is 5.32 Å². The molecule has 18 heavy (non-hydrogen) atoms. The van der Waals surface area contributed by atoms with E-state index >= 15 is 0 Å². The minimum Gasteiger partial charge on any atom is -0.469 e. The van der Waals surface area contributed by atoms with Gasteiger partial charge in [0.25, 0.3) is 0 Å². The van der Waals surface area contributed by atoms with Crippen molar-refractivity contribution in [3.8, 4) is 0 Å². The van der Waals surface area contributed by atoms with E-state index in [9.17, 15) is 4.79 Å². The first kappa shape index (κ1) is 15.8. The molecule has 0 heterocycles. The first-order valence-electron chi connectivity index (χ1n) is 6.91. The Kier molecular flexibility index (Phi) is 6.50. The van der Waals surface area contributed by atoms with Gasteiger partial charge in [-0.1, -0.05) is 26.2 Å². The van der Waals surface area contributed by atoms with Crippen LogP contribution >= 0.6 is 11.8 Å². The molecule has 2 atom stereocenters. The highest BCUT2D eigenvalue weighted by Crippen LogP contribution is 2.38. The summed E-state index contributed by atoms with van der Waals surface area (Å²) in [5.74, 6) is -0.214. The van der Waals surface area contributed by atoms with Crippen molar-refractivity contribution in [1.29, 1.82) is 0 Å². The molecule has 0 radical (unpaired) electrons. The van der Waals surface area contributed by atoms with Crippen LogP contribution in [0.5, 0.6) is 0 Å². The summed E-state index contributed by atoms with van der Waals surface area (Å²) in [4.78, 5) is 11.5. The summed E-state index contributed by atoms with van der Waals surface area (Å²) in [6.07, 6.45) is 8.84. The maximum Gasteiger partial charge on any atom is 0.309 e. The van der Waals surface area contributed by atoms with Crippen molar-refractivity contribution in [2.45, 2.75) is 56.7 Å². The lowest BCUT2D eigenvalue weighted by Gasteiger charge is -2.37. The molecule has 0 amide bonds. The van der Waals surface area contributed by atoms with Gasteiger partial charge in [0.1, 0.15) is 0 Å². The summed E-state index contributed by atoms with van der Waals surface area (Å²) in [5, 5.41) is 3.54. The van der Waals surface area contributed by atoms with Crippen molar-refractivity contribution < 1.29 is 9.53 Å². The highest BCUT2D eigenvalue weighted by Gasteiger charge is 2.32. The normalized spacial score (nSPS) is 22.2. The molecule has 3 nitrogen and oxygen atoms in total. The van der Waals surface area contributed by atoms with E-state index < -0.39 is 0 Å². The Morgan fingerprint density at radius 1 is 1.33 bits per heavy atom. The molecule has 2 unspecified atom stereocenters. The molecule has 0 spiro atoms. The number of ether oxygens (including phenoxy) is 1. The van der Waals surface area contributed by atoms with E-state index in [-0.39, 0.29) is 17.9 Å². The average Bonchev–Trinajstić information content (AvgIpc) is 2.44. The molecule has 1 fully saturated rings. The molecule has 0 bridgehead atoms. The van der Waals surface area contributed by atoms with Crippen molar-refractivity contribution in [3.05, 3.63) is 0 Å². The third-order valence-electron chi connectivity index (χ3n) is 4.27. The molecule has 1 saturated carbocycles. The summed E-state index contributed by atoms with van der Waals surface area (Å²) in [7, 11) is 1.45. The minimum atomic E-state index is -0.128. The van der Waals surface area contributed by atoms with Crippen LogP contribution in [-0.2, 0) is 9.53 Å². The molecule has 0 aromatic carbocycles. The van der Waals surface area contributed by atoms with Gasteiger partial charge in [-0.05, 0) is 26.0 Å². The second-order valence-corrected chi connectivity index (χ2v) is 6.70. The van der Waals surface area contributed by atoms with E-state index in [1.807, 2.05) is 18.7 Å². The number of thioether (sulfide) groups is 1. The molecule has 1 aliphatic rings. The fourth-order valence-corrected chi connectivity index (χ4v) is 3.49. The number of nitrogens with one attached hydrogen (secondary N) is 1. The van der Waals surface area contributed by atoms with E-state index in [4.69, 9.17) is 4.74 Å². The Bertz CT molecular complexity index is 265. The summed E-state index contributed by atoms with van der Waals surface area (Å²) in [6.45, 7) is 4.99. The van der Waals surface area contributed by atoms with Crippen LogP contribution in [-0.4, -0.2) is 36.7 Å². The van der Waals surface area contributed by atoms with Crippen LogP contribution in [0, 0.1) is 5.92 Å². The lowest BCUT2D eigenvalue weighted by Crippen LogP contribution is -2.46. The van der Waals surface area contributed by atoms with Crippen LogP contribution in [0.4, 0.5) is 0 Å². The first-order valence-corrected chi connectivity index (χ1v) is 8.13. The van der Waals surface area contributed by atoms with Crippen LogP contribution in [0.1, 0.15) is 46.0 Å². The lowest BCUT2D eigenvalue weighted by atomic mass is 9.87. The molecule has 1 N–H and O–H groups in total. The van der Waals surface area contributed by atoms with Gasteiger partial charge in [0, 0.05) is 17.3 Å². The number of methoxy groups -OCH3 is 1. The van der Waals surface area contributed by atoms with Gasteiger partial charge in [-0.25, -0.2) is 0 Å². The molecule has 106 valence electrons. The number of carbonyl (C=O) groups is 1. The molecule has 1 rings (SSSR count). The van der Waals surface area contributed by atoms with Gasteiger partial charge >= 0.3 is 5.97 Å². The number of hydrogen-bond acceptors (Lipinski definition) is 4. The van der Waals surface area contributed by atoms with E-state index in [0.29, 0.717) is 4.75 Å². The quantitative estimate of drug-likeness (QED) is 0.755. The SMILES string of the molecule is COC(=O)C(C)C(C)NCC1(SC)CCCCC1. The lowest BCUT2D eigenvalue weighted by molar-refractivity contribution is -0.145. The first-order chi connectivity index (χ1) is 8.54. The van der Waals surface area contributed by atoms with Crippen molar-refractivity contribution in [2.24, 2.45) is 5.92 Å². The number of rotatable bonds is 6. The van der Waals surface area contributed by atoms with Gasteiger partial charge in [0.05, 0.1) is 13.0 Å². The minimum absolute atomic E-state index is 0.0857. The Labute approximate surface area is 115 Å².